The van der Waals surface area contributed by atoms with Crippen molar-refractivity contribution in [2.24, 2.45) is 0 Å². The normalized spacial score (nSPS) is 12.7. The Balaban J connectivity index is 3.39. The first-order chi connectivity index (χ1) is 8.40. The summed E-state index contributed by atoms with van der Waals surface area (Å²) in [5, 5.41) is -0.345. The van der Waals surface area contributed by atoms with Crippen LogP contribution in [0.3, 0.4) is 0 Å². The van der Waals surface area contributed by atoms with Gasteiger partial charge in [0.25, 0.3) is 8.32 Å². The van der Waals surface area contributed by atoms with Gasteiger partial charge < -0.3 is 4.43 Å². The van der Waals surface area contributed by atoms with Gasteiger partial charge in [0.05, 0.1) is 3.57 Å². The summed E-state index contributed by atoms with van der Waals surface area (Å²) in [6, 6.07) is 0. The maximum absolute atomic E-state index is 13.7. The van der Waals surface area contributed by atoms with Crippen molar-refractivity contribution in [1.29, 1.82) is 0 Å². The van der Waals surface area contributed by atoms with E-state index >= 15 is 0 Å². The van der Waals surface area contributed by atoms with Crippen molar-refractivity contribution in [2.45, 2.75) is 38.9 Å². The van der Waals surface area contributed by atoms with Crippen LogP contribution in [-0.2, 0) is 0 Å². The molecule has 1 rings (SSSR count). The molecule has 0 N–H and O–H groups in total. The lowest BCUT2D eigenvalue weighted by Crippen LogP contribution is -2.44. The van der Waals surface area contributed by atoms with Crippen LogP contribution in [-0.4, -0.2) is 8.32 Å². The average molecular weight is 406 g/mol. The molecule has 0 aliphatic rings. The Labute approximate surface area is 124 Å². The third kappa shape index (κ3) is 3.06. The van der Waals surface area contributed by atoms with Crippen molar-refractivity contribution in [3.63, 3.8) is 0 Å². The molecular weight excluding hydrogens is 391 g/mol. The number of benzene rings is 1. The van der Waals surface area contributed by atoms with Crippen LogP contribution in [0, 0.1) is 26.8 Å². The maximum Gasteiger partial charge on any atom is 0.250 e. The molecule has 0 radical (unpaired) electrons. The van der Waals surface area contributed by atoms with Gasteiger partial charge in [-0.15, -0.1) is 0 Å². The molecule has 19 heavy (non-hydrogen) atoms. The standard InChI is InChI=1S/C12H15F4IOSi/c1-12(2,3)19(4,5)18-11-8(15)6(13)10(17)7(14)9(11)16/h1-5H3. The van der Waals surface area contributed by atoms with E-state index in [9.17, 15) is 17.6 Å². The molecule has 0 amide bonds. The first kappa shape index (κ1) is 16.7. The van der Waals surface area contributed by atoms with E-state index in [2.05, 4.69) is 0 Å². The van der Waals surface area contributed by atoms with Gasteiger partial charge in [0.15, 0.2) is 17.4 Å². The Morgan fingerprint density at radius 3 is 1.58 bits per heavy atom. The van der Waals surface area contributed by atoms with Crippen LogP contribution < -0.4 is 4.43 Å². The van der Waals surface area contributed by atoms with Crippen LogP contribution in [0.5, 0.6) is 5.75 Å². The summed E-state index contributed by atoms with van der Waals surface area (Å²) in [7, 11) is -2.59. The summed E-state index contributed by atoms with van der Waals surface area (Å²) in [6.07, 6.45) is 0. The fraction of sp³-hybridized carbons (Fsp3) is 0.500. The van der Waals surface area contributed by atoms with Gasteiger partial charge in [0, 0.05) is 0 Å². The fourth-order valence-corrected chi connectivity index (χ4v) is 2.55. The summed E-state index contributed by atoms with van der Waals surface area (Å²) in [6.45, 7) is 9.04. The minimum Gasteiger partial charge on any atom is -0.539 e. The third-order valence-corrected chi connectivity index (χ3v) is 8.61. The van der Waals surface area contributed by atoms with E-state index in [4.69, 9.17) is 4.43 Å². The summed E-state index contributed by atoms with van der Waals surface area (Å²) in [4.78, 5) is 0. The molecule has 1 aromatic carbocycles. The highest BCUT2D eigenvalue weighted by Gasteiger charge is 2.41. The van der Waals surface area contributed by atoms with Crippen molar-refractivity contribution in [2.75, 3.05) is 0 Å². The molecule has 0 saturated carbocycles. The van der Waals surface area contributed by atoms with E-state index in [1.807, 2.05) is 20.8 Å². The first-order valence-corrected chi connectivity index (χ1v) is 9.59. The molecule has 0 heterocycles. The molecule has 0 saturated heterocycles. The Morgan fingerprint density at radius 2 is 1.26 bits per heavy atom. The highest BCUT2D eigenvalue weighted by molar-refractivity contribution is 14.1. The van der Waals surface area contributed by atoms with Crippen LogP contribution in [0.4, 0.5) is 17.6 Å². The fourth-order valence-electron chi connectivity index (χ4n) is 1.08. The van der Waals surface area contributed by atoms with Crippen molar-refractivity contribution in [1.82, 2.24) is 0 Å². The van der Waals surface area contributed by atoms with Gasteiger partial charge in [-0.05, 0) is 40.7 Å². The molecule has 0 spiro atoms. The third-order valence-electron chi connectivity index (χ3n) is 3.33. The Hall–Kier alpha value is -0.313. The number of hydrogen-bond acceptors (Lipinski definition) is 1. The Bertz CT molecular complexity index is 482. The molecular formula is C12H15F4IOSi. The minimum atomic E-state index is -2.59. The topological polar surface area (TPSA) is 9.23 Å². The lowest BCUT2D eigenvalue weighted by molar-refractivity contribution is 0.375. The van der Waals surface area contributed by atoms with E-state index < -0.39 is 40.9 Å². The summed E-state index contributed by atoms with van der Waals surface area (Å²) in [5.74, 6) is -6.76. The zero-order chi connectivity index (χ0) is 15.2. The number of hydrogen-bond donors (Lipinski definition) is 0. The van der Waals surface area contributed by atoms with Gasteiger partial charge in [-0.3, -0.25) is 0 Å². The van der Waals surface area contributed by atoms with Crippen LogP contribution in [0.15, 0.2) is 0 Å². The van der Waals surface area contributed by atoms with Crippen LogP contribution in [0.2, 0.25) is 18.1 Å². The Kier molecular flexibility index (Phi) is 4.61. The van der Waals surface area contributed by atoms with Crippen molar-refractivity contribution < 1.29 is 22.0 Å². The predicted molar refractivity (Wildman–Crippen MR) is 76.8 cm³/mol. The SMILES string of the molecule is CC(C)(C)[Si](C)(C)Oc1c(F)c(F)c(I)c(F)c1F. The summed E-state index contributed by atoms with van der Waals surface area (Å²) >= 11 is 1.22. The highest BCUT2D eigenvalue weighted by atomic mass is 127. The molecule has 0 aliphatic heterocycles. The molecule has 0 aliphatic carbocycles. The lowest BCUT2D eigenvalue weighted by Gasteiger charge is -2.36. The zero-order valence-electron chi connectivity index (χ0n) is 11.3. The average Bonchev–Trinajstić information content (AvgIpc) is 2.28. The predicted octanol–water partition coefficient (Wildman–Crippen LogP) is 5.23. The summed E-state index contributed by atoms with van der Waals surface area (Å²) in [5.41, 5.74) is 0. The second kappa shape index (κ2) is 5.23. The van der Waals surface area contributed by atoms with Crippen LogP contribution >= 0.6 is 22.6 Å². The number of rotatable bonds is 2. The molecule has 7 heteroatoms. The smallest absolute Gasteiger partial charge is 0.250 e. The molecule has 1 aromatic rings. The van der Waals surface area contributed by atoms with E-state index in [0.29, 0.717) is 0 Å². The van der Waals surface area contributed by atoms with Crippen molar-refractivity contribution >= 4 is 30.9 Å². The zero-order valence-corrected chi connectivity index (χ0v) is 14.5. The first-order valence-electron chi connectivity index (χ1n) is 5.60. The quantitative estimate of drug-likeness (QED) is 0.215. The molecule has 0 atom stereocenters. The largest absolute Gasteiger partial charge is 0.539 e. The lowest BCUT2D eigenvalue weighted by atomic mass is 10.2. The second-order valence-electron chi connectivity index (χ2n) is 5.76. The number of halogens is 5. The van der Waals surface area contributed by atoms with Gasteiger partial charge in [0.1, 0.15) is 0 Å². The van der Waals surface area contributed by atoms with Crippen molar-refractivity contribution in [3.05, 3.63) is 26.8 Å². The van der Waals surface area contributed by atoms with E-state index in [1.54, 1.807) is 13.1 Å². The molecule has 0 fully saturated rings. The Morgan fingerprint density at radius 1 is 0.895 bits per heavy atom. The molecule has 0 aromatic heterocycles. The highest BCUT2D eigenvalue weighted by Crippen LogP contribution is 2.40. The van der Waals surface area contributed by atoms with Crippen LogP contribution in [0.25, 0.3) is 0 Å². The maximum atomic E-state index is 13.7. The van der Waals surface area contributed by atoms with E-state index in [0.717, 1.165) is 0 Å². The monoisotopic (exact) mass is 406 g/mol. The van der Waals surface area contributed by atoms with Gasteiger partial charge in [-0.25, -0.2) is 8.78 Å². The van der Waals surface area contributed by atoms with Gasteiger partial charge >= 0.3 is 0 Å². The summed E-state index contributed by atoms with van der Waals surface area (Å²) < 4.78 is 59.0. The van der Waals surface area contributed by atoms with E-state index in [-0.39, 0.29) is 5.04 Å². The second-order valence-corrected chi connectivity index (χ2v) is 11.6. The van der Waals surface area contributed by atoms with Crippen LogP contribution in [0.1, 0.15) is 20.8 Å². The van der Waals surface area contributed by atoms with Gasteiger partial charge in [-0.2, -0.15) is 8.78 Å². The minimum absolute atomic E-state index is 0.345. The molecule has 1 nitrogen and oxygen atoms in total. The van der Waals surface area contributed by atoms with Gasteiger partial charge in [-0.1, -0.05) is 20.8 Å². The molecule has 108 valence electrons. The van der Waals surface area contributed by atoms with E-state index in [1.165, 1.54) is 22.6 Å². The molecule has 0 unspecified atom stereocenters. The molecule has 0 bridgehead atoms. The van der Waals surface area contributed by atoms with Gasteiger partial charge in [0.2, 0.25) is 11.6 Å². The van der Waals surface area contributed by atoms with Crippen molar-refractivity contribution in [3.8, 4) is 5.75 Å².